The third-order valence-electron chi connectivity index (χ3n) is 6.51. The molecule has 180 valence electrons. The molecular weight excluding hydrogens is 442 g/mol. The first kappa shape index (κ1) is 22.8. The Kier molecular flexibility index (Phi) is 6.56. The predicted molar refractivity (Wildman–Crippen MR) is 133 cm³/mol. The largest absolute Gasteiger partial charge is 0.476 e. The van der Waals surface area contributed by atoms with Gasteiger partial charge in [-0.2, -0.15) is 5.21 Å². The Morgan fingerprint density at radius 2 is 1.80 bits per heavy atom. The molecule has 1 aliphatic heterocycles. The highest BCUT2D eigenvalue weighted by molar-refractivity contribution is 5.92. The Morgan fingerprint density at radius 3 is 2.46 bits per heavy atom. The monoisotopic (exact) mass is 471 g/mol. The summed E-state index contributed by atoms with van der Waals surface area (Å²) in [6.07, 6.45) is 4.91. The number of carboxylic acid groups (broad SMARTS) is 1. The minimum Gasteiger partial charge on any atom is -0.476 e. The predicted octanol–water partition coefficient (Wildman–Crippen LogP) is 4.42. The summed E-state index contributed by atoms with van der Waals surface area (Å²) >= 11 is 0. The Morgan fingerprint density at radius 1 is 1.06 bits per heavy atom. The number of aromatic carboxylic acids is 1. The van der Waals surface area contributed by atoms with Gasteiger partial charge >= 0.3 is 5.97 Å². The maximum absolute atomic E-state index is 12.4. The molecule has 0 atom stereocenters. The number of hydrogen-bond acceptors (Lipinski definition) is 6. The molecular formula is C26H29N7O2. The fourth-order valence-corrected chi connectivity index (χ4v) is 4.72. The number of aromatic amines is 1. The standard InChI is InChI=1S/C26H29N7O2/c1-2-3-10-22-27-25(32-15-6-7-16-32)23(26(34)35)33(22)17-18-11-13-19(14-12-18)20-8-4-5-9-21(20)24-28-30-31-29-24/h4-5,8-9,11-14H,2-3,6-7,10,15-17H2,1H3,(H,34,35)(H,28,29,30,31). The first-order chi connectivity index (χ1) is 17.2. The summed E-state index contributed by atoms with van der Waals surface area (Å²) in [5, 5.41) is 24.6. The second-order valence-electron chi connectivity index (χ2n) is 8.87. The van der Waals surface area contributed by atoms with Crippen LogP contribution in [0.5, 0.6) is 0 Å². The molecule has 9 heteroatoms. The van der Waals surface area contributed by atoms with Crippen LogP contribution < -0.4 is 4.90 Å². The second-order valence-corrected chi connectivity index (χ2v) is 8.87. The quantitative estimate of drug-likeness (QED) is 0.371. The Bertz CT molecular complexity index is 1290. The van der Waals surface area contributed by atoms with E-state index >= 15 is 0 Å². The molecule has 35 heavy (non-hydrogen) atoms. The number of H-pyrrole nitrogens is 1. The van der Waals surface area contributed by atoms with E-state index < -0.39 is 5.97 Å². The number of imidazole rings is 1. The van der Waals surface area contributed by atoms with Crippen molar-refractivity contribution in [1.82, 2.24) is 30.2 Å². The van der Waals surface area contributed by atoms with Crippen LogP contribution in [0.1, 0.15) is 54.5 Å². The SMILES string of the molecule is CCCCc1nc(N2CCCC2)c(C(=O)O)n1Cc1ccc(-c2ccccc2-c2nn[nH]n2)cc1. The van der Waals surface area contributed by atoms with Crippen molar-refractivity contribution >= 4 is 11.8 Å². The summed E-state index contributed by atoms with van der Waals surface area (Å²) in [5.41, 5.74) is 4.26. The highest BCUT2D eigenvalue weighted by atomic mass is 16.4. The highest BCUT2D eigenvalue weighted by Crippen LogP contribution is 2.31. The number of unbranched alkanes of at least 4 members (excludes halogenated alkanes) is 1. The fourth-order valence-electron chi connectivity index (χ4n) is 4.72. The molecule has 2 N–H and O–H groups in total. The van der Waals surface area contributed by atoms with Crippen molar-refractivity contribution in [3.8, 4) is 22.5 Å². The Hall–Kier alpha value is -4.01. The average molecular weight is 472 g/mol. The number of carboxylic acids is 1. The summed E-state index contributed by atoms with van der Waals surface area (Å²) < 4.78 is 1.90. The summed E-state index contributed by atoms with van der Waals surface area (Å²) in [6.45, 7) is 4.32. The first-order valence-electron chi connectivity index (χ1n) is 12.2. The average Bonchev–Trinajstić information content (AvgIpc) is 3.65. The van der Waals surface area contributed by atoms with E-state index in [0.717, 1.165) is 73.3 Å². The van der Waals surface area contributed by atoms with Gasteiger partial charge in [-0.1, -0.05) is 61.9 Å². The lowest BCUT2D eigenvalue weighted by molar-refractivity contribution is 0.0686. The van der Waals surface area contributed by atoms with Crippen molar-refractivity contribution in [3.05, 3.63) is 65.6 Å². The van der Waals surface area contributed by atoms with Gasteiger partial charge in [0, 0.05) is 31.6 Å². The van der Waals surface area contributed by atoms with Gasteiger partial charge in [-0.05, 0) is 41.2 Å². The summed E-state index contributed by atoms with van der Waals surface area (Å²) in [6, 6.07) is 16.1. The van der Waals surface area contributed by atoms with E-state index in [-0.39, 0.29) is 0 Å². The summed E-state index contributed by atoms with van der Waals surface area (Å²) in [7, 11) is 0. The van der Waals surface area contributed by atoms with Gasteiger partial charge in [-0.3, -0.25) is 0 Å². The molecule has 5 rings (SSSR count). The molecule has 0 amide bonds. The number of nitrogens with one attached hydrogen (secondary N) is 1. The van der Waals surface area contributed by atoms with Gasteiger partial charge in [-0.25, -0.2) is 9.78 Å². The molecule has 1 saturated heterocycles. The number of tetrazole rings is 1. The molecule has 1 aliphatic rings. The lowest BCUT2D eigenvalue weighted by atomic mass is 9.98. The zero-order valence-electron chi connectivity index (χ0n) is 19.8. The van der Waals surface area contributed by atoms with Crippen LogP contribution in [-0.4, -0.2) is 54.3 Å². The van der Waals surface area contributed by atoms with Gasteiger partial charge in [-0.15, -0.1) is 10.2 Å². The van der Waals surface area contributed by atoms with Crippen LogP contribution in [0.2, 0.25) is 0 Å². The van der Waals surface area contributed by atoms with Crippen molar-refractivity contribution in [1.29, 1.82) is 0 Å². The maximum atomic E-state index is 12.4. The Labute approximate surface area is 203 Å². The number of rotatable bonds is 9. The topological polar surface area (TPSA) is 113 Å². The molecule has 9 nitrogen and oxygen atoms in total. The third kappa shape index (κ3) is 4.66. The van der Waals surface area contributed by atoms with Gasteiger partial charge in [0.25, 0.3) is 0 Å². The number of benzene rings is 2. The van der Waals surface area contributed by atoms with E-state index in [9.17, 15) is 9.90 Å². The second kappa shape index (κ2) is 10.1. The number of aromatic nitrogens is 6. The molecule has 0 aliphatic carbocycles. The highest BCUT2D eigenvalue weighted by Gasteiger charge is 2.28. The van der Waals surface area contributed by atoms with E-state index in [1.165, 1.54) is 0 Å². The summed E-state index contributed by atoms with van der Waals surface area (Å²) in [4.78, 5) is 19.3. The van der Waals surface area contributed by atoms with Crippen LogP contribution in [0.3, 0.4) is 0 Å². The number of nitrogens with zero attached hydrogens (tertiary/aromatic N) is 6. The normalized spacial score (nSPS) is 13.5. The van der Waals surface area contributed by atoms with Crippen LogP contribution in [-0.2, 0) is 13.0 Å². The first-order valence-corrected chi connectivity index (χ1v) is 12.2. The molecule has 0 spiro atoms. The number of anilines is 1. The van der Waals surface area contributed by atoms with Crippen molar-refractivity contribution in [2.45, 2.75) is 45.6 Å². The van der Waals surface area contributed by atoms with Gasteiger partial charge in [0.15, 0.2) is 11.5 Å². The van der Waals surface area contributed by atoms with E-state index in [1.54, 1.807) is 0 Å². The minimum absolute atomic E-state index is 0.296. The molecule has 0 bridgehead atoms. The van der Waals surface area contributed by atoms with E-state index in [2.05, 4.69) is 44.6 Å². The molecule has 2 aromatic heterocycles. The van der Waals surface area contributed by atoms with Gasteiger partial charge in [0.2, 0.25) is 5.82 Å². The molecule has 0 saturated carbocycles. The Balaban J connectivity index is 1.47. The van der Waals surface area contributed by atoms with E-state index in [4.69, 9.17) is 4.98 Å². The van der Waals surface area contributed by atoms with Gasteiger partial charge < -0.3 is 14.6 Å². The lowest BCUT2D eigenvalue weighted by Gasteiger charge is -2.16. The van der Waals surface area contributed by atoms with Crippen molar-refractivity contribution < 1.29 is 9.90 Å². The maximum Gasteiger partial charge on any atom is 0.356 e. The molecule has 1 fully saturated rings. The van der Waals surface area contributed by atoms with Crippen LogP contribution >= 0.6 is 0 Å². The van der Waals surface area contributed by atoms with E-state index in [1.807, 2.05) is 41.0 Å². The molecule has 3 heterocycles. The van der Waals surface area contributed by atoms with Crippen molar-refractivity contribution in [3.63, 3.8) is 0 Å². The van der Waals surface area contributed by atoms with Crippen molar-refractivity contribution in [2.75, 3.05) is 18.0 Å². The molecule has 0 radical (unpaired) electrons. The van der Waals surface area contributed by atoms with Crippen LogP contribution in [0.4, 0.5) is 5.82 Å². The number of carbonyl (C=O) groups is 1. The number of hydrogen-bond donors (Lipinski definition) is 2. The minimum atomic E-state index is -0.923. The van der Waals surface area contributed by atoms with Gasteiger partial charge in [0.05, 0.1) is 0 Å². The molecule has 2 aromatic carbocycles. The van der Waals surface area contributed by atoms with Gasteiger partial charge in [0.1, 0.15) is 5.82 Å². The van der Waals surface area contributed by atoms with Crippen LogP contribution in [0, 0.1) is 0 Å². The molecule has 0 unspecified atom stereocenters. The lowest BCUT2D eigenvalue weighted by Crippen LogP contribution is -2.22. The van der Waals surface area contributed by atoms with Crippen LogP contribution in [0.15, 0.2) is 48.5 Å². The number of aryl methyl sites for hydroxylation is 1. The smallest absolute Gasteiger partial charge is 0.356 e. The zero-order chi connectivity index (χ0) is 24.2. The van der Waals surface area contributed by atoms with E-state index in [0.29, 0.717) is 23.9 Å². The summed E-state index contributed by atoms with van der Waals surface area (Å²) in [5.74, 6) is 1.08. The third-order valence-corrected chi connectivity index (χ3v) is 6.51. The zero-order valence-corrected chi connectivity index (χ0v) is 19.8. The molecule has 4 aromatic rings. The fraction of sp³-hybridized carbons (Fsp3) is 0.346. The van der Waals surface area contributed by atoms with Crippen LogP contribution in [0.25, 0.3) is 22.5 Å². The van der Waals surface area contributed by atoms with Crippen molar-refractivity contribution in [2.24, 2.45) is 0 Å².